The van der Waals surface area contributed by atoms with Crippen molar-refractivity contribution < 1.29 is 19.5 Å². The Morgan fingerprint density at radius 1 is 1.14 bits per heavy atom. The quantitative estimate of drug-likeness (QED) is 0.304. The second kappa shape index (κ2) is 13.1. The summed E-state index contributed by atoms with van der Waals surface area (Å²) in [4.78, 5) is 49.4. The molecule has 0 aliphatic carbocycles. The number of rotatable bonds is 12. The lowest BCUT2D eigenvalue weighted by molar-refractivity contribution is -0.145. The van der Waals surface area contributed by atoms with Crippen molar-refractivity contribution >= 4 is 46.8 Å². The monoisotopic (exact) mass is 635 g/mol. The average molecular weight is 636 g/mol. The summed E-state index contributed by atoms with van der Waals surface area (Å²) < 4.78 is -0.859. The first-order valence-electron chi connectivity index (χ1n) is 15.4. The van der Waals surface area contributed by atoms with Crippen LogP contribution in [-0.2, 0) is 14.4 Å². The molecule has 234 valence electrons. The van der Waals surface area contributed by atoms with E-state index >= 15 is 4.79 Å². The van der Waals surface area contributed by atoms with Gasteiger partial charge in [-0.1, -0.05) is 80.1 Å². The Morgan fingerprint density at radius 2 is 1.84 bits per heavy atom. The Labute approximate surface area is 269 Å². The summed E-state index contributed by atoms with van der Waals surface area (Å²) >= 11 is 8.36. The van der Waals surface area contributed by atoms with E-state index in [1.807, 2.05) is 56.3 Å². The predicted octanol–water partition coefficient (Wildman–Crippen LogP) is 5.66. The molecular weight excluding hydrogens is 594 g/mol. The van der Waals surface area contributed by atoms with Crippen LogP contribution in [0, 0.1) is 24.7 Å². The zero-order valence-corrected chi connectivity index (χ0v) is 27.3. The van der Waals surface area contributed by atoms with Gasteiger partial charge in [0.05, 0.1) is 39.9 Å². The van der Waals surface area contributed by atoms with Crippen molar-refractivity contribution in [2.24, 2.45) is 17.8 Å². The zero-order valence-electron chi connectivity index (χ0n) is 25.7. The molecular formula is C35H42ClN3O4S. The Balaban J connectivity index is 1.69. The fourth-order valence-electron chi connectivity index (χ4n) is 7.85. The number of fused-ring (bicyclic) bond motifs is 1. The number of anilines is 1. The number of hydrogen-bond donors (Lipinski definition) is 1. The van der Waals surface area contributed by atoms with Gasteiger partial charge in [-0.2, -0.15) is 0 Å². The normalized spacial score (nSPS) is 27.6. The predicted molar refractivity (Wildman–Crippen MR) is 178 cm³/mol. The van der Waals surface area contributed by atoms with Gasteiger partial charge in [-0.25, -0.2) is 0 Å². The van der Waals surface area contributed by atoms with Crippen molar-refractivity contribution in [2.75, 3.05) is 31.1 Å². The van der Waals surface area contributed by atoms with E-state index in [-0.39, 0.29) is 42.0 Å². The fraction of sp³-hybridized carbons (Fsp3) is 0.457. The minimum absolute atomic E-state index is 0.0264. The molecule has 3 fully saturated rings. The highest BCUT2D eigenvalue weighted by Crippen LogP contribution is 2.69. The summed E-state index contributed by atoms with van der Waals surface area (Å²) in [6, 6.07) is 13.1. The van der Waals surface area contributed by atoms with Gasteiger partial charge in [0, 0.05) is 24.9 Å². The van der Waals surface area contributed by atoms with E-state index in [0.717, 1.165) is 24.0 Å². The molecule has 0 saturated carbocycles. The Kier molecular flexibility index (Phi) is 9.64. The van der Waals surface area contributed by atoms with Gasteiger partial charge < -0.3 is 19.8 Å². The molecule has 2 bridgehead atoms. The van der Waals surface area contributed by atoms with Gasteiger partial charge in [-0.3, -0.25) is 14.4 Å². The van der Waals surface area contributed by atoms with Crippen molar-refractivity contribution in [3.63, 3.8) is 0 Å². The molecule has 5 rings (SSSR count). The number of carbonyl (C=O) groups is 3. The molecule has 3 heterocycles. The highest BCUT2D eigenvalue weighted by molar-refractivity contribution is 8.02. The fourth-order valence-corrected chi connectivity index (χ4v) is 10.6. The zero-order chi connectivity index (χ0) is 31.8. The van der Waals surface area contributed by atoms with Crippen LogP contribution in [0.25, 0.3) is 0 Å². The van der Waals surface area contributed by atoms with Gasteiger partial charge in [0.1, 0.15) is 6.04 Å². The Bertz CT molecular complexity index is 1420. The summed E-state index contributed by atoms with van der Waals surface area (Å²) in [6.45, 7) is 14.6. The number of aliphatic hydroxyl groups excluding tert-OH is 1. The van der Waals surface area contributed by atoms with E-state index in [9.17, 15) is 14.7 Å². The van der Waals surface area contributed by atoms with Crippen LogP contribution in [0.4, 0.5) is 5.69 Å². The summed E-state index contributed by atoms with van der Waals surface area (Å²) in [5.41, 5.74) is 2.13. The molecule has 1 N–H and O–H groups in total. The van der Waals surface area contributed by atoms with Crippen molar-refractivity contribution in [3.8, 4) is 0 Å². The molecule has 3 unspecified atom stereocenters. The molecule has 1 spiro atoms. The summed E-state index contributed by atoms with van der Waals surface area (Å²) in [6.07, 6.45) is 4.88. The number of hydrogen-bond acceptors (Lipinski definition) is 5. The second-order valence-electron chi connectivity index (χ2n) is 12.1. The number of halogens is 1. The largest absolute Gasteiger partial charge is 0.394 e. The molecule has 0 radical (unpaired) electrons. The standard InChI is InChI=1S/C35H42ClN3O4S/c1-6-17-37(18-7-2)32(41)28-27-20-23(5)35(44-27)29(28)33(42)39(26(21-40)24-14-10-9-11-15-24)31(35)34(43)38(19-8-3)30-22(4)13-12-16-25(30)36/h6,8-16,23,26-29,31,40H,1,3,7,17-21H2,2,4-5H3/t23?,26-,27-,28+,29+,31?,35?/m1/s1. The molecule has 3 saturated heterocycles. The number of thioether (sulfide) groups is 1. The van der Waals surface area contributed by atoms with Gasteiger partial charge in [-0.15, -0.1) is 24.9 Å². The van der Waals surface area contributed by atoms with Crippen LogP contribution in [0.2, 0.25) is 5.02 Å². The molecule has 7 atom stereocenters. The number of carbonyl (C=O) groups excluding carboxylic acids is 3. The number of amides is 3. The molecule has 3 aliphatic heterocycles. The number of aryl methyl sites for hydroxylation is 1. The van der Waals surface area contributed by atoms with Gasteiger partial charge in [0.2, 0.25) is 11.8 Å². The number of nitrogens with zero attached hydrogens (tertiary/aromatic N) is 3. The maximum atomic E-state index is 15.2. The first-order valence-corrected chi connectivity index (χ1v) is 16.7. The van der Waals surface area contributed by atoms with E-state index in [1.165, 1.54) is 0 Å². The van der Waals surface area contributed by atoms with Crippen LogP contribution in [0.5, 0.6) is 0 Å². The van der Waals surface area contributed by atoms with Crippen LogP contribution in [0.3, 0.4) is 0 Å². The Hall–Kier alpha value is -3.07. The van der Waals surface area contributed by atoms with Crippen LogP contribution in [0.1, 0.15) is 43.9 Å². The third kappa shape index (κ3) is 5.09. The minimum atomic E-state index is -0.935. The first kappa shape index (κ1) is 32.3. The lowest BCUT2D eigenvalue weighted by atomic mass is 9.65. The smallest absolute Gasteiger partial charge is 0.251 e. The van der Waals surface area contributed by atoms with Gasteiger partial charge >= 0.3 is 0 Å². The van der Waals surface area contributed by atoms with Crippen molar-refractivity contribution in [2.45, 2.75) is 55.7 Å². The lowest BCUT2D eigenvalue weighted by Gasteiger charge is -2.42. The van der Waals surface area contributed by atoms with Crippen LogP contribution in [0.15, 0.2) is 73.8 Å². The van der Waals surface area contributed by atoms with E-state index in [4.69, 9.17) is 11.6 Å². The number of para-hydroxylation sites is 1. The first-order chi connectivity index (χ1) is 21.2. The molecule has 44 heavy (non-hydrogen) atoms. The van der Waals surface area contributed by atoms with Gasteiger partial charge in [0.25, 0.3) is 5.91 Å². The molecule has 7 nitrogen and oxygen atoms in total. The molecule has 3 aliphatic rings. The molecule has 2 aromatic rings. The topological polar surface area (TPSA) is 81.2 Å². The summed E-state index contributed by atoms with van der Waals surface area (Å²) in [7, 11) is 0. The maximum absolute atomic E-state index is 15.2. The number of aliphatic hydroxyl groups is 1. The maximum Gasteiger partial charge on any atom is 0.251 e. The van der Waals surface area contributed by atoms with Crippen LogP contribution >= 0.6 is 23.4 Å². The average Bonchev–Trinajstić information content (AvgIpc) is 3.60. The SMILES string of the molecule is C=CCN(CCC)C(=O)[C@@H]1[C@H]2C(=O)N([C@H](CO)c3ccccc3)C(C(=O)N(CC=C)c3c(C)cccc3Cl)C23S[C@@H]1CC3C. The third-order valence-corrected chi connectivity index (χ3v) is 12.0. The van der Waals surface area contributed by atoms with Gasteiger partial charge in [0.15, 0.2) is 0 Å². The van der Waals surface area contributed by atoms with Crippen molar-refractivity contribution in [1.82, 2.24) is 9.80 Å². The van der Waals surface area contributed by atoms with Crippen molar-refractivity contribution in [1.29, 1.82) is 0 Å². The van der Waals surface area contributed by atoms with E-state index in [0.29, 0.717) is 23.8 Å². The summed E-state index contributed by atoms with van der Waals surface area (Å²) in [5.74, 6) is -1.90. The van der Waals surface area contributed by atoms with Crippen LogP contribution in [-0.4, -0.2) is 74.9 Å². The summed E-state index contributed by atoms with van der Waals surface area (Å²) in [5, 5.41) is 11.2. The van der Waals surface area contributed by atoms with Crippen molar-refractivity contribution in [3.05, 3.63) is 90.0 Å². The highest BCUT2D eigenvalue weighted by Gasteiger charge is 2.77. The lowest BCUT2D eigenvalue weighted by Crippen LogP contribution is -2.58. The minimum Gasteiger partial charge on any atom is -0.394 e. The Morgan fingerprint density at radius 3 is 2.45 bits per heavy atom. The number of likely N-dealkylation sites (tertiary alicyclic amines) is 1. The van der Waals surface area contributed by atoms with Gasteiger partial charge in [-0.05, 0) is 42.9 Å². The van der Waals surface area contributed by atoms with E-state index in [1.54, 1.807) is 44.7 Å². The third-order valence-electron chi connectivity index (χ3n) is 9.59. The molecule has 0 aromatic heterocycles. The molecule has 9 heteroatoms. The molecule has 2 aromatic carbocycles. The van der Waals surface area contributed by atoms with E-state index in [2.05, 4.69) is 20.1 Å². The second-order valence-corrected chi connectivity index (χ2v) is 14.1. The number of benzene rings is 2. The van der Waals surface area contributed by atoms with Crippen LogP contribution < -0.4 is 4.90 Å². The molecule has 3 amide bonds. The highest BCUT2D eigenvalue weighted by atomic mass is 35.5. The van der Waals surface area contributed by atoms with E-state index < -0.39 is 28.7 Å².